The Labute approximate surface area is 166 Å². The number of hydrogen-bond acceptors (Lipinski definition) is 4. The van der Waals surface area contributed by atoms with Gasteiger partial charge in [0.15, 0.2) is 0 Å². The largest absolute Gasteiger partial charge is 0.275 e. The summed E-state index contributed by atoms with van der Waals surface area (Å²) in [4.78, 5) is 12.4. The van der Waals surface area contributed by atoms with Crippen molar-refractivity contribution in [1.29, 1.82) is 0 Å². The van der Waals surface area contributed by atoms with Crippen LogP contribution in [0.1, 0.15) is 5.56 Å². The Morgan fingerprint density at radius 3 is 2.55 bits per heavy atom. The van der Waals surface area contributed by atoms with Crippen LogP contribution < -0.4 is 5.56 Å². The Morgan fingerprint density at radius 2 is 1.76 bits per heavy atom. The number of benzene rings is 1. The fourth-order valence-corrected chi connectivity index (χ4v) is 3.47. The van der Waals surface area contributed by atoms with E-state index in [1.807, 2.05) is 72.5 Å². The zero-order valence-corrected chi connectivity index (χ0v) is 15.8. The van der Waals surface area contributed by atoms with E-state index in [9.17, 15) is 4.79 Å². The fourth-order valence-electron chi connectivity index (χ4n) is 3.47. The third-order valence-electron chi connectivity index (χ3n) is 4.80. The first kappa shape index (κ1) is 17.1. The third-order valence-corrected chi connectivity index (χ3v) is 4.80. The van der Waals surface area contributed by atoms with Crippen molar-refractivity contribution < 1.29 is 0 Å². The molecule has 0 bridgehead atoms. The Kier molecular flexibility index (Phi) is 4.05. The van der Waals surface area contributed by atoms with Gasteiger partial charge >= 0.3 is 0 Å². The van der Waals surface area contributed by atoms with Crippen molar-refractivity contribution in [1.82, 2.24) is 29.2 Å². The SMILES string of the molecule is Cn1cc(Cn2nc(-c3c(-c4ccccc4)nn4ccccc34)ccc2=O)cn1. The lowest BCUT2D eigenvalue weighted by Gasteiger charge is -2.07. The maximum Gasteiger partial charge on any atom is 0.267 e. The molecule has 7 nitrogen and oxygen atoms in total. The number of rotatable bonds is 4. The number of nitrogens with zero attached hydrogens (tertiary/aromatic N) is 6. The van der Waals surface area contributed by atoms with E-state index >= 15 is 0 Å². The molecule has 5 aromatic rings. The van der Waals surface area contributed by atoms with Crippen molar-refractivity contribution in [3.63, 3.8) is 0 Å². The standard InChI is InChI=1S/C22H18N6O/c1-26-14-16(13-23-26)15-28-20(29)11-10-18(24-28)21-19-9-5-6-12-27(19)25-22(21)17-7-3-2-4-8-17/h2-14H,15H2,1H3. The van der Waals surface area contributed by atoms with Gasteiger partial charge in [0, 0.05) is 36.6 Å². The average molecular weight is 382 g/mol. The minimum atomic E-state index is -0.157. The highest BCUT2D eigenvalue weighted by Gasteiger charge is 2.18. The van der Waals surface area contributed by atoms with Gasteiger partial charge in [-0.05, 0) is 18.2 Å². The van der Waals surface area contributed by atoms with Gasteiger partial charge in [-0.2, -0.15) is 15.3 Å². The maximum atomic E-state index is 12.4. The van der Waals surface area contributed by atoms with Gasteiger partial charge in [0.2, 0.25) is 0 Å². The molecule has 1 aromatic carbocycles. The van der Waals surface area contributed by atoms with Gasteiger partial charge in [0.25, 0.3) is 5.56 Å². The van der Waals surface area contributed by atoms with Gasteiger partial charge in [-0.15, -0.1) is 0 Å². The van der Waals surface area contributed by atoms with Gasteiger partial charge in [-0.25, -0.2) is 9.20 Å². The minimum Gasteiger partial charge on any atom is -0.275 e. The molecule has 0 aliphatic heterocycles. The molecule has 5 rings (SSSR count). The van der Waals surface area contributed by atoms with Crippen molar-refractivity contribution in [2.75, 3.05) is 0 Å². The molecule has 0 saturated carbocycles. The van der Waals surface area contributed by atoms with Crippen LogP contribution in [-0.2, 0) is 13.6 Å². The molecule has 0 amide bonds. The molecule has 0 N–H and O–H groups in total. The molecule has 0 unspecified atom stereocenters. The highest BCUT2D eigenvalue weighted by molar-refractivity contribution is 5.90. The molecule has 0 atom stereocenters. The summed E-state index contributed by atoms with van der Waals surface area (Å²) in [6, 6.07) is 19.2. The Balaban J connectivity index is 1.69. The minimum absolute atomic E-state index is 0.157. The van der Waals surface area contributed by atoms with E-state index in [0.29, 0.717) is 12.2 Å². The highest BCUT2D eigenvalue weighted by atomic mass is 16.1. The lowest BCUT2D eigenvalue weighted by molar-refractivity contribution is 0.642. The molecule has 0 spiro atoms. The zero-order chi connectivity index (χ0) is 19.8. The molecule has 0 aliphatic carbocycles. The first-order chi connectivity index (χ1) is 14.2. The van der Waals surface area contributed by atoms with E-state index in [1.165, 1.54) is 4.68 Å². The van der Waals surface area contributed by atoms with Crippen molar-refractivity contribution in [3.05, 3.63) is 95.2 Å². The maximum absolute atomic E-state index is 12.4. The van der Waals surface area contributed by atoms with Crippen LogP contribution in [0.2, 0.25) is 0 Å². The lowest BCUT2D eigenvalue weighted by Crippen LogP contribution is -2.22. The number of hydrogen-bond donors (Lipinski definition) is 0. The summed E-state index contributed by atoms with van der Waals surface area (Å²) in [6.45, 7) is 0.362. The smallest absolute Gasteiger partial charge is 0.267 e. The topological polar surface area (TPSA) is 70.0 Å². The first-order valence-corrected chi connectivity index (χ1v) is 9.28. The summed E-state index contributed by atoms with van der Waals surface area (Å²) in [5.41, 5.74) is 5.13. The molecule has 142 valence electrons. The summed E-state index contributed by atoms with van der Waals surface area (Å²) in [6.07, 6.45) is 5.54. The second kappa shape index (κ2) is 6.87. The number of aromatic nitrogens is 6. The van der Waals surface area contributed by atoms with Crippen LogP contribution in [0, 0.1) is 0 Å². The van der Waals surface area contributed by atoms with Gasteiger partial charge in [0.1, 0.15) is 5.69 Å². The molecule has 0 fully saturated rings. The Hall–Kier alpha value is -4.00. The second-order valence-corrected chi connectivity index (χ2v) is 6.86. The van der Waals surface area contributed by atoms with Gasteiger partial charge in [-0.3, -0.25) is 9.48 Å². The quantitative estimate of drug-likeness (QED) is 0.479. The van der Waals surface area contributed by atoms with Crippen molar-refractivity contribution in [3.8, 4) is 22.5 Å². The van der Waals surface area contributed by atoms with Gasteiger partial charge in [0.05, 0.1) is 29.5 Å². The van der Waals surface area contributed by atoms with Crippen LogP contribution in [0.4, 0.5) is 0 Å². The van der Waals surface area contributed by atoms with E-state index in [-0.39, 0.29) is 5.56 Å². The summed E-state index contributed by atoms with van der Waals surface area (Å²) in [5.74, 6) is 0. The number of pyridine rings is 1. The van der Waals surface area contributed by atoms with Crippen LogP contribution in [0.5, 0.6) is 0 Å². The summed E-state index contributed by atoms with van der Waals surface area (Å²) < 4.78 is 5.02. The predicted octanol–water partition coefficient (Wildman–Crippen LogP) is 3.01. The van der Waals surface area contributed by atoms with Crippen LogP contribution >= 0.6 is 0 Å². The van der Waals surface area contributed by atoms with E-state index in [2.05, 4.69) is 10.2 Å². The highest BCUT2D eigenvalue weighted by Crippen LogP contribution is 2.33. The van der Waals surface area contributed by atoms with Crippen molar-refractivity contribution in [2.45, 2.75) is 6.54 Å². The van der Waals surface area contributed by atoms with E-state index in [4.69, 9.17) is 5.10 Å². The molecule has 29 heavy (non-hydrogen) atoms. The normalized spacial score (nSPS) is 11.2. The van der Waals surface area contributed by atoms with E-state index in [0.717, 1.165) is 27.9 Å². The fraction of sp³-hybridized carbons (Fsp3) is 0.0909. The summed E-state index contributed by atoms with van der Waals surface area (Å²) in [7, 11) is 1.85. The molecule has 4 heterocycles. The second-order valence-electron chi connectivity index (χ2n) is 6.86. The summed E-state index contributed by atoms with van der Waals surface area (Å²) >= 11 is 0. The van der Waals surface area contributed by atoms with Gasteiger partial charge in [-0.1, -0.05) is 36.4 Å². The van der Waals surface area contributed by atoms with Crippen LogP contribution in [-0.4, -0.2) is 29.2 Å². The van der Waals surface area contributed by atoms with E-state index < -0.39 is 0 Å². The van der Waals surface area contributed by atoms with Crippen LogP contribution in [0.25, 0.3) is 28.0 Å². The molecular formula is C22H18N6O. The Bertz CT molecular complexity index is 1360. The Morgan fingerprint density at radius 1 is 0.931 bits per heavy atom. The first-order valence-electron chi connectivity index (χ1n) is 9.28. The predicted molar refractivity (Wildman–Crippen MR) is 110 cm³/mol. The van der Waals surface area contributed by atoms with Crippen LogP contribution in [0.3, 0.4) is 0 Å². The molecule has 0 radical (unpaired) electrons. The summed E-state index contributed by atoms with van der Waals surface area (Å²) in [5, 5.41) is 13.6. The van der Waals surface area contributed by atoms with Crippen molar-refractivity contribution in [2.24, 2.45) is 7.05 Å². The zero-order valence-electron chi connectivity index (χ0n) is 15.8. The molecule has 0 aliphatic rings. The van der Waals surface area contributed by atoms with Crippen LogP contribution in [0.15, 0.2) is 84.0 Å². The molecular weight excluding hydrogens is 364 g/mol. The molecule has 7 heteroatoms. The monoisotopic (exact) mass is 382 g/mol. The van der Waals surface area contributed by atoms with Crippen molar-refractivity contribution >= 4 is 5.52 Å². The molecule has 4 aromatic heterocycles. The van der Waals surface area contributed by atoms with E-state index in [1.54, 1.807) is 23.0 Å². The van der Waals surface area contributed by atoms with Gasteiger partial charge < -0.3 is 0 Å². The number of aryl methyl sites for hydroxylation is 1. The third kappa shape index (κ3) is 3.12. The average Bonchev–Trinajstić information content (AvgIpc) is 3.34. The lowest BCUT2D eigenvalue weighted by atomic mass is 10.0. The number of fused-ring (bicyclic) bond motifs is 1. The molecule has 0 saturated heterocycles.